The first-order valence-corrected chi connectivity index (χ1v) is 9.81. The lowest BCUT2D eigenvalue weighted by Crippen LogP contribution is -2.02. The van der Waals surface area contributed by atoms with E-state index in [1.165, 1.54) is 40.8 Å². The van der Waals surface area contributed by atoms with Gasteiger partial charge in [0.05, 0.1) is 0 Å². The van der Waals surface area contributed by atoms with Crippen LogP contribution in [0.2, 0.25) is 0 Å². The fourth-order valence-corrected chi connectivity index (χ4v) is 3.86. The summed E-state index contributed by atoms with van der Waals surface area (Å²) in [6, 6.07) is 15.3. The summed E-state index contributed by atoms with van der Waals surface area (Å²) in [4.78, 5) is 0. The highest BCUT2D eigenvalue weighted by Crippen LogP contribution is 2.41. The topological polar surface area (TPSA) is 30.7 Å². The summed E-state index contributed by atoms with van der Waals surface area (Å²) in [5, 5.41) is 10.0. The monoisotopic (exact) mass is 349 g/mol. The van der Waals surface area contributed by atoms with Crippen LogP contribution in [0.4, 0.5) is 0 Å². The number of benzene rings is 2. The number of aromatic nitrogens is 3. The number of nitrogens with zero attached hydrogens (tertiary/aromatic N) is 3. The minimum atomic E-state index is 0.574. The van der Waals surface area contributed by atoms with Crippen molar-refractivity contribution in [3.63, 3.8) is 0 Å². The second kappa shape index (κ2) is 6.68. The smallest absolute Gasteiger partial charge is 0.196 e. The van der Waals surface area contributed by atoms with Crippen LogP contribution < -0.4 is 0 Å². The maximum atomic E-state index is 4.51. The molecule has 4 rings (SSSR count). The first-order chi connectivity index (χ1) is 12.1. The fraction of sp³-hybridized carbons (Fsp3) is 0.333. The van der Waals surface area contributed by atoms with Crippen LogP contribution in [0.5, 0.6) is 0 Å². The van der Waals surface area contributed by atoms with Crippen molar-refractivity contribution in [2.75, 3.05) is 0 Å². The van der Waals surface area contributed by atoms with Crippen LogP contribution in [-0.4, -0.2) is 14.8 Å². The molecule has 0 saturated heterocycles. The van der Waals surface area contributed by atoms with Gasteiger partial charge in [-0.05, 0) is 62.4 Å². The number of rotatable bonds is 5. The minimum Gasteiger partial charge on any atom is -0.274 e. The molecule has 1 aliphatic carbocycles. The standard InChI is InChI=1S/C21H23N3S/c1-14-4-10-19(11-5-14)24-20(18-8-9-18)22-23-21(24)25-13-17-7-6-15(2)16(3)12-17/h4-7,10-12,18H,8-9,13H2,1-3H3. The molecule has 2 aromatic carbocycles. The molecule has 1 heterocycles. The van der Waals surface area contributed by atoms with Crippen molar-refractivity contribution in [2.24, 2.45) is 0 Å². The van der Waals surface area contributed by atoms with Crippen LogP contribution in [-0.2, 0) is 5.75 Å². The minimum absolute atomic E-state index is 0.574. The van der Waals surface area contributed by atoms with Crippen LogP contribution >= 0.6 is 11.8 Å². The van der Waals surface area contributed by atoms with Gasteiger partial charge >= 0.3 is 0 Å². The Labute approximate surface area is 153 Å². The highest BCUT2D eigenvalue weighted by Gasteiger charge is 2.31. The third-order valence-corrected chi connectivity index (χ3v) is 5.83. The maximum Gasteiger partial charge on any atom is 0.196 e. The van der Waals surface area contributed by atoms with E-state index in [2.05, 4.69) is 78.0 Å². The Kier molecular flexibility index (Phi) is 4.38. The molecule has 128 valence electrons. The molecule has 3 aromatic rings. The molecule has 0 spiro atoms. The maximum absolute atomic E-state index is 4.51. The SMILES string of the molecule is Cc1ccc(-n2c(SCc3ccc(C)c(C)c3)nnc2C2CC2)cc1. The van der Waals surface area contributed by atoms with E-state index in [9.17, 15) is 0 Å². The molecule has 0 unspecified atom stereocenters. The summed E-state index contributed by atoms with van der Waals surface area (Å²) >= 11 is 1.77. The molecule has 0 bridgehead atoms. The number of hydrogen-bond donors (Lipinski definition) is 0. The van der Waals surface area contributed by atoms with Gasteiger partial charge in [-0.15, -0.1) is 10.2 Å². The Morgan fingerprint density at radius 1 is 0.960 bits per heavy atom. The third-order valence-electron chi connectivity index (χ3n) is 4.83. The van der Waals surface area contributed by atoms with Gasteiger partial charge in [-0.2, -0.15) is 0 Å². The summed E-state index contributed by atoms with van der Waals surface area (Å²) < 4.78 is 2.25. The normalized spacial score (nSPS) is 14.0. The van der Waals surface area contributed by atoms with Crippen molar-refractivity contribution in [3.8, 4) is 5.69 Å². The number of thioether (sulfide) groups is 1. The number of hydrogen-bond acceptors (Lipinski definition) is 3. The molecule has 0 aliphatic heterocycles. The van der Waals surface area contributed by atoms with Crippen molar-refractivity contribution in [3.05, 3.63) is 70.5 Å². The van der Waals surface area contributed by atoms with Crippen molar-refractivity contribution in [1.29, 1.82) is 0 Å². The molecular weight excluding hydrogens is 326 g/mol. The molecule has 1 aliphatic rings. The van der Waals surface area contributed by atoms with Gasteiger partial charge in [0.15, 0.2) is 5.16 Å². The van der Waals surface area contributed by atoms with Crippen LogP contribution in [0.15, 0.2) is 47.6 Å². The van der Waals surface area contributed by atoms with Gasteiger partial charge in [-0.1, -0.05) is 47.7 Å². The summed E-state index contributed by atoms with van der Waals surface area (Å²) in [5.41, 5.74) is 6.46. The summed E-state index contributed by atoms with van der Waals surface area (Å²) in [6.07, 6.45) is 2.46. The van der Waals surface area contributed by atoms with E-state index in [1.54, 1.807) is 11.8 Å². The van der Waals surface area contributed by atoms with Gasteiger partial charge < -0.3 is 0 Å². The second-order valence-corrected chi connectivity index (χ2v) is 7.94. The van der Waals surface area contributed by atoms with Gasteiger partial charge in [0.2, 0.25) is 0 Å². The Morgan fingerprint density at radius 3 is 2.40 bits per heavy atom. The summed E-state index contributed by atoms with van der Waals surface area (Å²) in [7, 11) is 0. The Hall–Kier alpha value is -2.07. The molecule has 0 amide bonds. The highest BCUT2D eigenvalue weighted by molar-refractivity contribution is 7.98. The quantitative estimate of drug-likeness (QED) is 0.581. The third kappa shape index (κ3) is 3.49. The Balaban J connectivity index is 1.63. The molecule has 0 atom stereocenters. The van der Waals surface area contributed by atoms with Gasteiger partial charge in [-0.25, -0.2) is 0 Å². The Morgan fingerprint density at radius 2 is 1.72 bits per heavy atom. The van der Waals surface area contributed by atoms with E-state index in [1.807, 2.05) is 0 Å². The van der Waals surface area contributed by atoms with Crippen molar-refractivity contribution in [1.82, 2.24) is 14.8 Å². The van der Waals surface area contributed by atoms with Crippen molar-refractivity contribution < 1.29 is 0 Å². The lowest BCUT2D eigenvalue weighted by molar-refractivity contribution is 0.829. The van der Waals surface area contributed by atoms with E-state index < -0.39 is 0 Å². The zero-order valence-corrected chi connectivity index (χ0v) is 15.8. The second-order valence-electron chi connectivity index (χ2n) is 6.99. The molecule has 1 aromatic heterocycles. The van der Waals surface area contributed by atoms with E-state index >= 15 is 0 Å². The summed E-state index contributed by atoms with van der Waals surface area (Å²) in [6.45, 7) is 6.44. The van der Waals surface area contributed by atoms with Crippen molar-refractivity contribution >= 4 is 11.8 Å². The lowest BCUT2D eigenvalue weighted by Gasteiger charge is -2.10. The first-order valence-electron chi connectivity index (χ1n) is 8.83. The number of aryl methyl sites for hydroxylation is 3. The predicted octanol–water partition coefficient (Wildman–Crippen LogP) is 5.36. The fourth-order valence-electron chi connectivity index (χ4n) is 2.96. The zero-order chi connectivity index (χ0) is 17.4. The molecule has 4 heteroatoms. The first kappa shape index (κ1) is 16.4. The average Bonchev–Trinajstić information content (AvgIpc) is 3.37. The van der Waals surface area contributed by atoms with E-state index in [4.69, 9.17) is 0 Å². The lowest BCUT2D eigenvalue weighted by atomic mass is 10.1. The summed E-state index contributed by atoms with van der Waals surface area (Å²) in [5.74, 6) is 2.60. The average molecular weight is 350 g/mol. The zero-order valence-electron chi connectivity index (χ0n) is 15.0. The molecule has 1 fully saturated rings. The van der Waals surface area contributed by atoms with Crippen LogP contribution in [0, 0.1) is 20.8 Å². The van der Waals surface area contributed by atoms with Gasteiger partial charge in [0.1, 0.15) is 5.82 Å². The van der Waals surface area contributed by atoms with Crippen LogP contribution in [0.25, 0.3) is 5.69 Å². The van der Waals surface area contributed by atoms with Gasteiger partial charge in [0, 0.05) is 17.4 Å². The Bertz CT molecular complexity index is 892. The molecule has 3 nitrogen and oxygen atoms in total. The molecule has 0 N–H and O–H groups in total. The van der Waals surface area contributed by atoms with Crippen LogP contribution in [0.1, 0.15) is 46.8 Å². The predicted molar refractivity (Wildman–Crippen MR) is 104 cm³/mol. The highest BCUT2D eigenvalue weighted by atomic mass is 32.2. The van der Waals surface area contributed by atoms with E-state index in [-0.39, 0.29) is 0 Å². The van der Waals surface area contributed by atoms with Crippen molar-refractivity contribution in [2.45, 2.75) is 50.4 Å². The molecule has 1 saturated carbocycles. The molecular formula is C21H23N3S. The molecule has 25 heavy (non-hydrogen) atoms. The van der Waals surface area contributed by atoms with Gasteiger partial charge in [-0.3, -0.25) is 4.57 Å². The van der Waals surface area contributed by atoms with Gasteiger partial charge in [0.25, 0.3) is 0 Å². The largest absolute Gasteiger partial charge is 0.274 e. The molecule has 0 radical (unpaired) electrons. The van der Waals surface area contributed by atoms with Crippen LogP contribution in [0.3, 0.4) is 0 Å². The van der Waals surface area contributed by atoms with E-state index in [0.717, 1.165) is 16.7 Å². The van der Waals surface area contributed by atoms with E-state index in [0.29, 0.717) is 5.92 Å².